The first-order valence-electron chi connectivity index (χ1n) is 8.24. The van der Waals surface area contributed by atoms with Gasteiger partial charge in [-0.3, -0.25) is 4.79 Å². The summed E-state index contributed by atoms with van der Waals surface area (Å²) in [5.41, 5.74) is 3.83. The van der Waals surface area contributed by atoms with Crippen molar-refractivity contribution in [3.8, 4) is 5.75 Å². The Bertz CT molecular complexity index is 737. The molecule has 0 saturated heterocycles. The normalized spacial score (nSPS) is 11.5. The lowest BCUT2D eigenvalue weighted by atomic mass is 10.1. The Labute approximate surface area is 145 Å². The molecule has 2 rings (SSSR count). The van der Waals surface area contributed by atoms with Gasteiger partial charge in [-0.05, 0) is 52.8 Å². The summed E-state index contributed by atoms with van der Waals surface area (Å²) in [6.45, 7) is 10.5. The van der Waals surface area contributed by atoms with E-state index in [2.05, 4.69) is 25.3 Å². The van der Waals surface area contributed by atoms with Gasteiger partial charge in [-0.25, -0.2) is 0 Å². The zero-order chi connectivity index (χ0) is 18.1. The maximum atomic E-state index is 12.6. The molecule has 2 aromatic rings. The average molecular weight is 328 g/mol. The zero-order valence-electron chi connectivity index (χ0n) is 15.8. The number of benzene rings is 1. The Hall–Kier alpha value is -2.23. The Morgan fingerprint density at radius 1 is 1.17 bits per heavy atom. The molecule has 0 radical (unpaired) electrons. The van der Waals surface area contributed by atoms with Gasteiger partial charge in [-0.15, -0.1) is 0 Å². The Morgan fingerprint density at radius 2 is 1.83 bits per heavy atom. The number of rotatable bonds is 5. The van der Waals surface area contributed by atoms with Crippen LogP contribution in [0.3, 0.4) is 0 Å². The van der Waals surface area contributed by atoms with Crippen LogP contribution in [0.15, 0.2) is 30.3 Å². The van der Waals surface area contributed by atoms with Gasteiger partial charge in [-0.2, -0.15) is 0 Å². The number of hydrogen-bond donors (Lipinski definition) is 0. The molecule has 0 aliphatic rings. The lowest BCUT2D eigenvalue weighted by Crippen LogP contribution is -2.24. The van der Waals surface area contributed by atoms with E-state index >= 15 is 0 Å². The van der Waals surface area contributed by atoms with Gasteiger partial charge >= 0.3 is 0 Å². The van der Waals surface area contributed by atoms with Crippen molar-refractivity contribution in [1.82, 2.24) is 4.57 Å². The van der Waals surface area contributed by atoms with Crippen LogP contribution in [0.4, 0.5) is 5.69 Å². The molecule has 0 atom stereocenters. The van der Waals surface area contributed by atoms with Gasteiger partial charge in [0.05, 0.1) is 0 Å². The molecule has 0 aliphatic heterocycles. The van der Waals surface area contributed by atoms with Crippen LogP contribution < -0.4 is 9.64 Å². The topological polar surface area (TPSA) is 34.5 Å². The highest BCUT2D eigenvalue weighted by molar-refractivity contribution is 5.98. The number of anilines is 1. The van der Waals surface area contributed by atoms with E-state index in [0.29, 0.717) is 5.75 Å². The van der Waals surface area contributed by atoms with Crippen molar-refractivity contribution in [3.63, 3.8) is 0 Å². The second-order valence-corrected chi connectivity index (χ2v) is 7.39. The monoisotopic (exact) mass is 328 g/mol. The van der Waals surface area contributed by atoms with E-state index in [1.165, 1.54) is 0 Å². The molecule has 0 unspecified atom stereocenters. The van der Waals surface area contributed by atoms with Crippen molar-refractivity contribution in [2.45, 2.75) is 40.2 Å². The Morgan fingerprint density at radius 3 is 2.38 bits per heavy atom. The largest absolute Gasteiger partial charge is 0.485 e. The van der Waals surface area contributed by atoms with Gasteiger partial charge in [-0.1, -0.05) is 6.07 Å². The fourth-order valence-electron chi connectivity index (χ4n) is 3.16. The number of nitrogens with zero attached hydrogens (tertiary/aromatic N) is 2. The first kappa shape index (κ1) is 18.1. The molecule has 4 heteroatoms. The van der Waals surface area contributed by atoms with Crippen LogP contribution in [0.1, 0.15) is 42.5 Å². The Balaban J connectivity index is 2.15. The number of aryl methyl sites for hydroxylation is 1. The summed E-state index contributed by atoms with van der Waals surface area (Å²) in [5, 5.41) is 0. The Kier molecular flexibility index (Phi) is 5.07. The first-order valence-corrected chi connectivity index (χ1v) is 8.24. The lowest BCUT2D eigenvalue weighted by molar-refractivity contribution is 0.0920. The second-order valence-electron chi connectivity index (χ2n) is 7.39. The minimum atomic E-state index is -0.0480. The highest BCUT2D eigenvalue weighted by Crippen LogP contribution is 2.25. The highest BCUT2D eigenvalue weighted by atomic mass is 16.5. The van der Waals surface area contributed by atoms with E-state index < -0.39 is 0 Å². The molecular weight excluding hydrogens is 300 g/mol. The van der Waals surface area contributed by atoms with Crippen LogP contribution >= 0.6 is 0 Å². The van der Waals surface area contributed by atoms with Gasteiger partial charge < -0.3 is 14.2 Å². The van der Waals surface area contributed by atoms with Gasteiger partial charge in [0.15, 0.2) is 6.61 Å². The van der Waals surface area contributed by atoms with Crippen LogP contribution in [0.5, 0.6) is 5.75 Å². The SMILES string of the molecule is Cc1cc(C(=O)COc2cccc(N(C)C)c2)c(C)n1C(C)(C)C. The third-order valence-corrected chi connectivity index (χ3v) is 4.11. The summed E-state index contributed by atoms with van der Waals surface area (Å²) >= 11 is 0. The van der Waals surface area contributed by atoms with Crippen LogP contribution in [-0.2, 0) is 5.54 Å². The van der Waals surface area contributed by atoms with Gasteiger partial charge in [0.2, 0.25) is 5.78 Å². The number of hydrogen-bond acceptors (Lipinski definition) is 3. The van der Waals surface area contributed by atoms with Crippen molar-refractivity contribution in [1.29, 1.82) is 0 Å². The molecule has 0 bridgehead atoms. The predicted octanol–water partition coefficient (Wildman–Crippen LogP) is 4.19. The number of carbonyl (C=O) groups is 1. The quantitative estimate of drug-likeness (QED) is 0.772. The van der Waals surface area contributed by atoms with E-state index in [1.54, 1.807) is 0 Å². The van der Waals surface area contributed by atoms with E-state index in [0.717, 1.165) is 22.6 Å². The average Bonchev–Trinajstić information content (AvgIpc) is 2.79. The fraction of sp³-hybridized carbons (Fsp3) is 0.450. The molecule has 1 aromatic carbocycles. The van der Waals surface area contributed by atoms with Crippen LogP contribution in [-0.4, -0.2) is 31.1 Å². The minimum absolute atomic E-state index is 0.00820. The van der Waals surface area contributed by atoms with Gasteiger partial charge in [0.25, 0.3) is 0 Å². The highest BCUT2D eigenvalue weighted by Gasteiger charge is 2.22. The summed E-state index contributed by atoms with van der Waals surface area (Å²) in [4.78, 5) is 14.6. The molecular formula is C20H28N2O2. The number of ketones is 1. The van der Waals surface area contributed by atoms with Crippen molar-refractivity contribution in [3.05, 3.63) is 47.3 Å². The molecule has 130 valence electrons. The minimum Gasteiger partial charge on any atom is -0.485 e. The molecule has 0 amide bonds. The summed E-state index contributed by atoms with van der Waals surface area (Å²) in [7, 11) is 3.96. The molecule has 0 saturated carbocycles. The third-order valence-electron chi connectivity index (χ3n) is 4.11. The molecule has 24 heavy (non-hydrogen) atoms. The van der Waals surface area contributed by atoms with Crippen molar-refractivity contribution >= 4 is 11.5 Å². The zero-order valence-corrected chi connectivity index (χ0v) is 15.8. The summed E-state index contributed by atoms with van der Waals surface area (Å²) < 4.78 is 7.92. The third kappa shape index (κ3) is 3.81. The maximum Gasteiger partial charge on any atom is 0.202 e. The lowest BCUT2D eigenvalue weighted by Gasteiger charge is -2.25. The predicted molar refractivity (Wildman–Crippen MR) is 99.5 cm³/mol. The van der Waals surface area contributed by atoms with E-state index in [9.17, 15) is 4.79 Å². The molecule has 1 heterocycles. The number of Topliss-reactive ketones (excluding diaryl/α,β-unsaturated/α-hetero) is 1. The number of carbonyl (C=O) groups excluding carboxylic acids is 1. The molecule has 0 fully saturated rings. The molecule has 4 nitrogen and oxygen atoms in total. The van der Waals surface area contributed by atoms with Gasteiger partial charge in [0.1, 0.15) is 5.75 Å². The van der Waals surface area contributed by atoms with E-state index in [-0.39, 0.29) is 17.9 Å². The summed E-state index contributed by atoms with van der Waals surface area (Å²) in [6.07, 6.45) is 0. The van der Waals surface area contributed by atoms with Crippen molar-refractivity contribution in [2.24, 2.45) is 0 Å². The van der Waals surface area contributed by atoms with Crippen molar-refractivity contribution in [2.75, 3.05) is 25.6 Å². The second kappa shape index (κ2) is 6.71. The summed E-state index contributed by atoms with van der Waals surface area (Å²) in [5.74, 6) is 0.716. The molecule has 0 aliphatic carbocycles. The van der Waals surface area contributed by atoms with Crippen LogP contribution in [0, 0.1) is 13.8 Å². The van der Waals surface area contributed by atoms with Gasteiger partial charge in [0, 0.05) is 48.3 Å². The standard InChI is InChI=1S/C20H28N2O2/c1-14-11-18(15(2)22(14)20(3,4)5)19(23)13-24-17-10-8-9-16(12-17)21(6)7/h8-12H,13H2,1-7H3. The maximum absolute atomic E-state index is 12.6. The van der Waals surface area contributed by atoms with Crippen LogP contribution in [0.2, 0.25) is 0 Å². The van der Waals surface area contributed by atoms with Crippen molar-refractivity contribution < 1.29 is 9.53 Å². The molecule has 1 aromatic heterocycles. The molecule has 0 spiro atoms. The van der Waals surface area contributed by atoms with E-state index in [1.807, 2.05) is 63.2 Å². The van der Waals surface area contributed by atoms with Crippen LogP contribution in [0.25, 0.3) is 0 Å². The fourth-order valence-corrected chi connectivity index (χ4v) is 3.16. The summed E-state index contributed by atoms with van der Waals surface area (Å²) in [6, 6.07) is 9.71. The molecule has 0 N–H and O–H groups in total. The number of ether oxygens (including phenoxy) is 1. The van der Waals surface area contributed by atoms with E-state index in [4.69, 9.17) is 4.74 Å². The smallest absolute Gasteiger partial charge is 0.202 e. The first-order chi connectivity index (χ1) is 11.1. The number of aromatic nitrogens is 1.